The van der Waals surface area contributed by atoms with Gasteiger partial charge >= 0.3 is 0 Å². The average molecular weight is 377 g/mol. The molecular weight excluding hydrogens is 356 g/mol. The SMILES string of the molecule is CNCc1ccc(Br)c(S(=O)(=O)N2CCOCC2(C)C)c1. The van der Waals surface area contributed by atoms with Crippen molar-refractivity contribution in [2.45, 2.75) is 30.8 Å². The maximum Gasteiger partial charge on any atom is 0.244 e. The molecule has 1 fully saturated rings. The molecule has 1 heterocycles. The zero-order valence-electron chi connectivity index (χ0n) is 12.5. The van der Waals surface area contributed by atoms with Gasteiger partial charge in [0.05, 0.1) is 23.6 Å². The van der Waals surface area contributed by atoms with Gasteiger partial charge in [0.15, 0.2) is 0 Å². The third-order valence-corrected chi connectivity index (χ3v) is 6.62. The summed E-state index contributed by atoms with van der Waals surface area (Å²) in [6.45, 7) is 5.60. The van der Waals surface area contributed by atoms with Crippen LogP contribution in [0.25, 0.3) is 0 Å². The molecular formula is C14H21BrN2O3S. The van der Waals surface area contributed by atoms with E-state index >= 15 is 0 Å². The fourth-order valence-electron chi connectivity index (χ4n) is 2.47. The van der Waals surface area contributed by atoms with Crippen molar-refractivity contribution in [1.29, 1.82) is 0 Å². The first kappa shape index (κ1) is 16.9. The van der Waals surface area contributed by atoms with Gasteiger partial charge in [-0.05, 0) is 54.5 Å². The Morgan fingerprint density at radius 2 is 2.14 bits per heavy atom. The van der Waals surface area contributed by atoms with Crippen molar-refractivity contribution in [3.8, 4) is 0 Å². The number of nitrogens with zero attached hydrogens (tertiary/aromatic N) is 1. The van der Waals surface area contributed by atoms with E-state index in [1.807, 2.05) is 27.0 Å². The smallest absolute Gasteiger partial charge is 0.244 e. The number of sulfonamides is 1. The third-order valence-electron chi connectivity index (χ3n) is 3.51. The molecule has 0 spiro atoms. The zero-order chi connectivity index (χ0) is 15.7. The van der Waals surface area contributed by atoms with Crippen LogP contribution in [-0.4, -0.2) is 45.1 Å². The van der Waals surface area contributed by atoms with Crippen LogP contribution in [0.5, 0.6) is 0 Å². The average Bonchev–Trinajstić information content (AvgIpc) is 2.40. The van der Waals surface area contributed by atoms with E-state index in [4.69, 9.17) is 4.74 Å². The summed E-state index contributed by atoms with van der Waals surface area (Å²) in [7, 11) is -1.73. The summed E-state index contributed by atoms with van der Waals surface area (Å²) in [5, 5.41) is 3.03. The first-order valence-electron chi connectivity index (χ1n) is 6.82. The number of rotatable bonds is 4. The Kier molecular flexibility index (Phi) is 5.10. The fraction of sp³-hybridized carbons (Fsp3) is 0.571. The number of halogens is 1. The summed E-state index contributed by atoms with van der Waals surface area (Å²) in [5.74, 6) is 0. The Balaban J connectivity index is 2.45. The van der Waals surface area contributed by atoms with Crippen LogP contribution >= 0.6 is 15.9 Å². The molecule has 0 aromatic heterocycles. The van der Waals surface area contributed by atoms with Gasteiger partial charge < -0.3 is 10.1 Å². The van der Waals surface area contributed by atoms with Gasteiger partial charge in [0.1, 0.15) is 0 Å². The number of morpholine rings is 1. The monoisotopic (exact) mass is 376 g/mol. The van der Waals surface area contributed by atoms with Crippen LogP contribution in [0, 0.1) is 0 Å². The Labute approximate surface area is 134 Å². The van der Waals surface area contributed by atoms with Crippen molar-refractivity contribution >= 4 is 26.0 Å². The van der Waals surface area contributed by atoms with Gasteiger partial charge in [-0.25, -0.2) is 8.42 Å². The lowest BCUT2D eigenvalue weighted by Gasteiger charge is -2.40. The lowest BCUT2D eigenvalue weighted by Crippen LogP contribution is -2.55. The number of ether oxygens (including phenoxy) is 1. The van der Waals surface area contributed by atoms with Crippen molar-refractivity contribution in [2.75, 3.05) is 26.8 Å². The number of hydrogen-bond acceptors (Lipinski definition) is 4. The van der Waals surface area contributed by atoms with Crippen molar-refractivity contribution in [3.63, 3.8) is 0 Å². The van der Waals surface area contributed by atoms with Crippen LogP contribution in [0.15, 0.2) is 27.6 Å². The predicted molar refractivity (Wildman–Crippen MR) is 85.7 cm³/mol. The van der Waals surface area contributed by atoms with Gasteiger partial charge in [-0.15, -0.1) is 0 Å². The second-order valence-corrected chi connectivity index (χ2v) is 8.42. The van der Waals surface area contributed by atoms with Crippen LogP contribution in [0.3, 0.4) is 0 Å². The highest BCUT2D eigenvalue weighted by atomic mass is 79.9. The lowest BCUT2D eigenvalue weighted by atomic mass is 10.1. The van der Waals surface area contributed by atoms with Crippen LogP contribution in [-0.2, 0) is 21.3 Å². The predicted octanol–water partition coefficient (Wildman–Crippen LogP) is 1.97. The molecule has 0 bridgehead atoms. The highest BCUT2D eigenvalue weighted by Gasteiger charge is 2.40. The van der Waals surface area contributed by atoms with E-state index < -0.39 is 15.6 Å². The lowest BCUT2D eigenvalue weighted by molar-refractivity contribution is -0.00772. The topological polar surface area (TPSA) is 58.6 Å². The van der Waals surface area contributed by atoms with Crippen LogP contribution < -0.4 is 5.32 Å². The fourth-order valence-corrected chi connectivity index (χ4v) is 5.20. The highest BCUT2D eigenvalue weighted by molar-refractivity contribution is 9.10. The first-order chi connectivity index (χ1) is 9.79. The summed E-state index contributed by atoms with van der Waals surface area (Å²) in [4.78, 5) is 0.310. The Morgan fingerprint density at radius 3 is 2.76 bits per heavy atom. The standard InChI is InChI=1S/C14H21BrN2O3S/c1-14(2)10-20-7-6-17(14)21(18,19)13-8-11(9-16-3)4-5-12(13)15/h4-5,8,16H,6-7,9-10H2,1-3H3. The summed E-state index contributed by atoms with van der Waals surface area (Å²) in [6.07, 6.45) is 0. The molecule has 1 saturated heterocycles. The second-order valence-electron chi connectivity index (χ2n) is 5.74. The van der Waals surface area contributed by atoms with Gasteiger partial charge in [0.25, 0.3) is 0 Å². The van der Waals surface area contributed by atoms with Gasteiger partial charge in [-0.1, -0.05) is 6.07 Å². The van der Waals surface area contributed by atoms with Crippen molar-refractivity contribution in [1.82, 2.24) is 9.62 Å². The van der Waals surface area contributed by atoms with Crippen LogP contribution in [0.1, 0.15) is 19.4 Å². The van der Waals surface area contributed by atoms with Gasteiger partial charge in [-0.2, -0.15) is 4.31 Å². The quantitative estimate of drug-likeness (QED) is 0.872. The molecule has 7 heteroatoms. The normalized spacial score (nSPS) is 19.6. The largest absolute Gasteiger partial charge is 0.378 e. The molecule has 0 aliphatic carbocycles. The van der Waals surface area contributed by atoms with Crippen LogP contribution in [0.2, 0.25) is 0 Å². The number of hydrogen-bond donors (Lipinski definition) is 1. The molecule has 0 amide bonds. The van der Waals surface area contributed by atoms with Crippen LogP contribution in [0.4, 0.5) is 0 Å². The minimum absolute atomic E-state index is 0.310. The number of nitrogens with one attached hydrogen (secondary N) is 1. The molecule has 1 N–H and O–H groups in total. The molecule has 118 valence electrons. The molecule has 2 rings (SSSR count). The van der Waals surface area contributed by atoms with Gasteiger partial charge in [-0.3, -0.25) is 0 Å². The minimum Gasteiger partial charge on any atom is -0.378 e. The molecule has 1 aliphatic heterocycles. The molecule has 1 aromatic carbocycles. The summed E-state index contributed by atoms with van der Waals surface area (Å²) < 4.78 is 33.5. The summed E-state index contributed by atoms with van der Waals surface area (Å²) in [6, 6.07) is 5.42. The van der Waals surface area contributed by atoms with E-state index in [2.05, 4.69) is 21.2 Å². The van der Waals surface area contributed by atoms with E-state index in [1.165, 1.54) is 4.31 Å². The molecule has 21 heavy (non-hydrogen) atoms. The number of benzene rings is 1. The molecule has 0 radical (unpaired) electrons. The molecule has 0 unspecified atom stereocenters. The van der Waals surface area contributed by atoms with Gasteiger partial charge in [0.2, 0.25) is 10.0 Å². The second kappa shape index (κ2) is 6.34. The summed E-state index contributed by atoms with van der Waals surface area (Å²) in [5.41, 5.74) is 0.389. The molecule has 0 atom stereocenters. The van der Waals surface area contributed by atoms with Gasteiger partial charge in [0, 0.05) is 17.6 Å². The zero-order valence-corrected chi connectivity index (χ0v) is 14.9. The van der Waals surface area contributed by atoms with Crippen molar-refractivity contribution in [3.05, 3.63) is 28.2 Å². The molecule has 0 saturated carbocycles. The Hall–Kier alpha value is -0.470. The van der Waals surface area contributed by atoms with E-state index in [9.17, 15) is 8.42 Å². The summed E-state index contributed by atoms with van der Waals surface area (Å²) >= 11 is 3.36. The molecule has 5 nitrogen and oxygen atoms in total. The maximum atomic E-state index is 13.0. The van der Waals surface area contributed by atoms with Crippen molar-refractivity contribution < 1.29 is 13.2 Å². The van der Waals surface area contributed by atoms with Crippen molar-refractivity contribution in [2.24, 2.45) is 0 Å². The first-order valence-corrected chi connectivity index (χ1v) is 9.06. The minimum atomic E-state index is -3.56. The highest BCUT2D eigenvalue weighted by Crippen LogP contribution is 2.31. The molecule has 1 aliphatic rings. The Morgan fingerprint density at radius 1 is 1.43 bits per heavy atom. The Bertz CT molecular complexity index is 617. The van der Waals surface area contributed by atoms with E-state index in [1.54, 1.807) is 12.1 Å². The van der Waals surface area contributed by atoms with E-state index in [-0.39, 0.29) is 0 Å². The molecule has 1 aromatic rings. The third kappa shape index (κ3) is 3.48. The van der Waals surface area contributed by atoms with E-state index in [0.29, 0.717) is 35.7 Å². The van der Waals surface area contributed by atoms with E-state index in [0.717, 1.165) is 5.56 Å². The maximum absolute atomic E-state index is 13.0.